The predicted molar refractivity (Wildman–Crippen MR) is 320 cm³/mol. The summed E-state index contributed by atoms with van der Waals surface area (Å²) in [4.78, 5) is 16.4. The van der Waals surface area contributed by atoms with E-state index >= 15 is 0 Å². The molecule has 0 fully saturated rings. The number of hydrogen-bond donors (Lipinski definition) is 0. The molecule has 0 aliphatic carbocycles. The highest BCUT2D eigenvalue weighted by Crippen LogP contribution is 2.45. The fourth-order valence-corrected chi connectivity index (χ4v) is 12.2. The quantitative estimate of drug-likeness (QED) is 0.156. The minimum absolute atomic E-state index is 0.396. The Kier molecular flexibility index (Phi) is 9.86. The molecule has 0 aliphatic rings. The van der Waals surface area contributed by atoms with Gasteiger partial charge in [-0.25, -0.2) is 15.0 Å². The number of furan rings is 2. The SMILES string of the molecule is N#Cc1ccccc1-c1ccc(-n2c3ccccc3c3c4oc5ccccc5c4ccc32)cc1-c1nc(-c2ccccc2)nc(-c2cc(-n3c4ccccc4c4c5oc6ccccc6c5ccc43)ccc2-c2ccccc2C#N)n1. The molecule has 0 aliphatic heterocycles. The van der Waals surface area contributed by atoms with Crippen LogP contribution >= 0.6 is 0 Å². The molecule has 0 amide bonds. The Bertz CT molecular complexity index is 5050. The Hall–Kier alpha value is -11.4. The maximum atomic E-state index is 10.7. The first kappa shape index (κ1) is 44.9. The number of aromatic nitrogens is 5. The smallest absolute Gasteiger partial charge is 0.164 e. The van der Waals surface area contributed by atoms with Crippen molar-refractivity contribution in [3.8, 4) is 79.9 Å². The van der Waals surface area contributed by atoms with Gasteiger partial charge in [0.1, 0.15) is 22.3 Å². The van der Waals surface area contributed by atoms with Crippen LogP contribution in [0.5, 0.6) is 0 Å². The Morgan fingerprint density at radius 3 is 1.21 bits per heavy atom. The highest BCUT2D eigenvalue weighted by molar-refractivity contribution is 6.25. The molecule has 0 saturated heterocycles. The zero-order valence-corrected chi connectivity index (χ0v) is 42.5. The van der Waals surface area contributed by atoms with E-state index in [1.54, 1.807) is 0 Å². The minimum Gasteiger partial charge on any atom is -0.455 e. The van der Waals surface area contributed by atoms with Gasteiger partial charge in [0.25, 0.3) is 0 Å². The van der Waals surface area contributed by atoms with Crippen LogP contribution in [0.1, 0.15) is 11.1 Å². The van der Waals surface area contributed by atoms with Crippen molar-refractivity contribution in [1.29, 1.82) is 10.5 Å². The summed E-state index contributed by atoms with van der Waals surface area (Å²) in [5.41, 5.74) is 15.2. The first-order chi connectivity index (χ1) is 39.6. The molecule has 370 valence electrons. The van der Waals surface area contributed by atoms with Crippen LogP contribution in [-0.2, 0) is 0 Å². The van der Waals surface area contributed by atoms with E-state index in [9.17, 15) is 10.5 Å². The third kappa shape index (κ3) is 6.72. The lowest BCUT2D eigenvalue weighted by Gasteiger charge is -2.18. The van der Waals surface area contributed by atoms with Crippen molar-refractivity contribution in [3.05, 3.63) is 248 Å². The van der Waals surface area contributed by atoms with Crippen molar-refractivity contribution in [2.45, 2.75) is 0 Å². The molecule has 80 heavy (non-hydrogen) atoms. The Labute approximate surface area is 456 Å². The number of hydrogen-bond acceptors (Lipinski definition) is 7. The predicted octanol–water partition coefficient (Wildman–Crippen LogP) is 17.9. The average Bonchev–Trinajstić information content (AvgIpc) is 4.35. The third-order valence-electron chi connectivity index (χ3n) is 15.7. The zero-order chi connectivity index (χ0) is 53.0. The van der Waals surface area contributed by atoms with Crippen LogP contribution in [0.25, 0.3) is 155 Å². The van der Waals surface area contributed by atoms with Crippen molar-refractivity contribution in [3.63, 3.8) is 0 Å². The summed E-state index contributed by atoms with van der Waals surface area (Å²) in [6.07, 6.45) is 0. The van der Waals surface area contributed by atoms with Crippen LogP contribution in [0.3, 0.4) is 0 Å². The molecule has 0 N–H and O–H groups in total. The van der Waals surface area contributed by atoms with E-state index in [2.05, 4.69) is 143 Å². The van der Waals surface area contributed by atoms with Gasteiger partial charge in [-0.3, -0.25) is 0 Å². The van der Waals surface area contributed by atoms with Gasteiger partial charge in [0, 0.05) is 71.5 Å². The summed E-state index contributed by atoms with van der Waals surface area (Å²) in [6, 6.07) is 84.6. The largest absolute Gasteiger partial charge is 0.455 e. The van der Waals surface area contributed by atoms with Gasteiger partial charge in [0.05, 0.1) is 56.1 Å². The molecule has 0 unspecified atom stereocenters. The molecule has 0 saturated carbocycles. The van der Waals surface area contributed by atoms with E-state index in [1.807, 2.05) is 115 Å². The van der Waals surface area contributed by atoms with Gasteiger partial charge in [-0.1, -0.05) is 152 Å². The number of benzene rings is 11. The second-order valence-electron chi connectivity index (χ2n) is 20.0. The Morgan fingerprint density at radius 1 is 0.312 bits per heavy atom. The van der Waals surface area contributed by atoms with Gasteiger partial charge in [0.15, 0.2) is 17.5 Å². The molecule has 0 radical (unpaired) electrons. The molecule has 5 aromatic heterocycles. The molecule has 0 spiro atoms. The topological polar surface area (TPSA) is 122 Å². The normalized spacial score (nSPS) is 11.7. The van der Waals surface area contributed by atoms with Gasteiger partial charge < -0.3 is 18.0 Å². The summed E-state index contributed by atoms with van der Waals surface area (Å²) in [6.45, 7) is 0. The van der Waals surface area contributed by atoms with E-state index in [1.165, 1.54) is 0 Å². The van der Waals surface area contributed by atoms with E-state index < -0.39 is 0 Å². The lowest BCUT2D eigenvalue weighted by atomic mass is 9.94. The minimum atomic E-state index is 0.396. The van der Waals surface area contributed by atoms with Gasteiger partial charge in [-0.05, 0) is 96.1 Å². The van der Waals surface area contributed by atoms with Crippen LogP contribution in [0.4, 0.5) is 0 Å². The first-order valence-corrected chi connectivity index (χ1v) is 26.4. The van der Waals surface area contributed by atoms with Crippen LogP contribution in [0, 0.1) is 22.7 Å². The van der Waals surface area contributed by atoms with Crippen LogP contribution in [-0.4, -0.2) is 24.1 Å². The summed E-state index contributed by atoms with van der Waals surface area (Å²) in [7, 11) is 0. The molecule has 0 bridgehead atoms. The van der Waals surface area contributed by atoms with Crippen molar-refractivity contribution < 1.29 is 8.83 Å². The number of fused-ring (bicyclic) bond motifs is 14. The number of nitrogens with zero attached hydrogens (tertiary/aromatic N) is 7. The summed E-state index contributed by atoms with van der Waals surface area (Å²) >= 11 is 0. The lowest BCUT2D eigenvalue weighted by molar-refractivity contribution is 0.672. The third-order valence-corrected chi connectivity index (χ3v) is 15.7. The molecule has 9 nitrogen and oxygen atoms in total. The fraction of sp³-hybridized carbons (Fsp3) is 0. The van der Waals surface area contributed by atoms with Crippen LogP contribution < -0.4 is 0 Å². The van der Waals surface area contributed by atoms with E-state index in [-0.39, 0.29) is 0 Å². The van der Waals surface area contributed by atoms with E-state index in [4.69, 9.17) is 23.8 Å². The molecular weight excluding hydrogens is 983 g/mol. The second kappa shape index (κ2) is 17.6. The molecule has 16 rings (SSSR count). The maximum absolute atomic E-state index is 10.7. The molecule has 0 atom stereocenters. The van der Waals surface area contributed by atoms with Gasteiger partial charge in [0.2, 0.25) is 0 Å². The maximum Gasteiger partial charge on any atom is 0.164 e. The molecule has 9 heteroatoms. The highest BCUT2D eigenvalue weighted by Gasteiger charge is 2.25. The van der Waals surface area contributed by atoms with Crippen molar-refractivity contribution in [2.75, 3.05) is 0 Å². The lowest BCUT2D eigenvalue weighted by Crippen LogP contribution is -2.04. The highest BCUT2D eigenvalue weighted by atomic mass is 16.3. The van der Waals surface area contributed by atoms with Gasteiger partial charge in [-0.2, -0.15) is 10.5 Å². The van der Waals surface area contributed by atoms with Crippen molar-refractivity contribution in [1.82, 2.24) is 24.1 Å². The monoisotopic (exact) mass is 1020 g/mol. The Morgan fingerprint density at radius 2 is 0.725 bits per heavy atom. The van der Waals surface area contributed by atoms with E-state index in [0.29, 0.717) is 39.7 Å². The molecular formula is C71H39N7O2. The standard InChI is InChI=1S/C71H39N7O2/c72-40-43-18-4-6-20-47(43)49-32-30-45(77-59-26-12-8-24-55(59)65-61(77)36-34-53-51-22-10-14-28-63(51)79-67(53)65)38-57(49)70-74-69(42-16-2-1-3-17-42)75-71(76-70)58-39-46(31-33-50(58)48-21-7-5-19-44(48)41-73)78-60-27-13-9-25-56(60)66-62(78)37-35-54-52-23-11-15-29-64(52)80-68(54)66/h1-39H. The summed E-state index contributed by atoms with van der Waals surface area (Å²) in [5, 5.41) is 29.7. The zero-order valence-electron chi connectivity index (χ0n) is 42.5. The Balaban J connectivity index is 0.983. The van der Waals surface area contributed by atoms with Gasteiger partial charge in [-0.15, -0.1) is 0 Å². The van der Waals surface area contributed by atoms with Crippen LogP contribution in [0.15, 0.2) is 245 Å². The second-order valence-corrected chi connectivity index (χ2v) is 20.0. The van der Waals surface area contributed by atoms with Gasteiger partial charge >= 0.3 is 0 Å². The first-order valence-electron chi connectivity index (χ1n) is 26.4. The summed E-state index contributed by atoms with van der Waals surface area (Å²) < 4.78 is 17.9. The fourth-order valence-electron chi connectivity index (χ4n) is 12.2. The number of rotatable bonds is 7. The molecule has 5 heterocycles. The average molecular weight is 1020 g/mol. The number of para-hydroxylation sites is 4. The van der Waals surface area contributed by atoms with Crippen molar-refractivity contribution >= 4 is 87.5 Å². The van der Waals surface area contributed by atoms with Crippen molar-refractivity contribution in [2.24, 2.45) is 0 Å². The summed E-state index contributed by atoms with van der Waals surface area (Å²) in [5.74, 6) is 1.25. The molecule has 16 aromatic rings. The number of nitriles is 2. The van der Waals surface area contributed by atoms with Crippen LogP contribution in [0.2, 0.25) is 0 Å². The molecule has 11 aromatic carbocycles. The van der Waals surface area contributed by atoms with E-state index in [0.717, 1.165) is 127 Å².